The third kappa shape index (κ3) is 46.3. The van der Waals surface area contributed by atoms with E-state index < -0.39 is 19.6 Å². The minimum atomic E-state index is -4.93. The van der Waals surface area contributed by atoms with Crippen molar-refractivity contribution < 1.29 is 23.6 Å². The maximum absolute atomic E-state index is 13.6. The standard InChI is InChI=1S/3C15H30O2.C12H25.Sn/c3*1-2-3-4-5-6-7-8-9-10-11-12-13-14-15(16)17;1-3-5-7-9-11-12-10-8-6-4-2;/h3*2-14H2,1H3,(H,16,17);1,3-12H2,2H3;/q;;;;+3/p-3. The van der Waals surface area contributed by atoms with Gasteiger partial charge in [-0.25, -0.2) is 0 Å². The van der Waals surface area contributed by atoms with Crippen molar-refractivity contribution in [1.82, 2.24) is 0 Å². The molecule has 0 aliphatic carbocycles. The molecule has 0 aromatic rings. The Morgan fingerprint density at radius 3 is 0.578 bits per heavy atom. The molecule has 0 atom stereocenters. The summed E-state index contributed by atoms with van der Waals surface area (Å²) in [6.45, 7) is 9.07. The zero-order chi connectivity index (χ0) is 46.7. The Bertz CT molecular complexity index is 884. The third-order valence-corrected chi connectivity index (χ3v) is 20.7. The van der Waals surface area contributed by atoms with E-state index in [1.54, 1.807) is 0 Å². The Hall–Kier alpha value is -0.791. The zero-order valence-corrected chi connectivity index (χ0v) is 46.7. The van der Waals surface area contributed by atoms with E-state index in [1.807, 2.05) is 0 Å². The van der Waals surface area contributed by atoms with Crippen LogP contribution in [0.3, 0.4) is 0 Å². The molecule has 0 saturated carbocycles. The summed E-state index contributed by atoms with van der Waals surface area (Å²) >= 11 is -4.93. The van der Waals surface area contributed by atoms with Crippen LogP contribution in [0.25, 0.3) is 0 Å². The molecule has 0 rings (SSSR count). The average Bonchev–Trinajstić information content (AvgIpc) is 3.28. The van der Waals surface area contributed by atoms with Gasteiger partial charge in [-0.15, -0.1) is 0 Å². The summed E-state index contributed by atoms with van der Waals surface area (Å²) in [6.07, 6.45) is 56.8. The molecule has 0 N–H and O–H groups in total. The van der Waals surface area contributed by atoms with Gasteiger partial charge in [0, 0.05) is 0 Å². The molecule has 0 aromatic heterocycles. The molecule has 0 spiro atoms. The van der Waals surface area contributed by atoms with Crippen molar-refractivity contribution in [3.8, 4) is 0 Å². The van der Waals surface area contributed by atoms with Crippen LogP contribution >= 0.6 is 0 Å². The van der Waals surface area contributed by atoms with Crippen LogP contribution in [0.5, 0.6) is 0 Å². The molecule has 6 nitrogen and oxygen atoms in total. The molecule has 0 saturated heterocycles. The van der Waals surface area contributed by atoms with Crippen LogP contribution in [0, 0.1) is 0 Å². The Labute approximate surface area is 405 Å². The first kappa shape index (κ1) is 63.2. The second-order valence-electron chi connectivity index (χ2n) is 20.0. The molecule has 0 unspecified atom stereocenters. The smallest absolute Gasteiger partial charge is 0.0654 e. The fraction of sp³-hybridized carbons (Fsp3) is 0.947. The third-order valence-electron chi connectivity index (χ3n) is 13.3. The molecule has 0 aliphatic heterocycles. The fourth-order valence-electron chi connectivity index (χ4n) is 9.05. The van der Waals surface area contributed by atoms with Gasteiger partial charge in [-0.3, -0.25) is 0 Å². The van der Waals surface area contributed by atoms with Crippen molar-refractivity contribution in [1.29, 1.82) is 0 Å². The SMILES string of the molecule is CCCCCCCCCCCCCCC(=O)[O][Sn]([CH2]CCCCCCCCCCC)([O]C(=O)CCCCCCCCCCCCCC)[O]C(=O)CCCCCCCCCCCCCC. The minimum absolute atomic E-state index is 0.292. The van der Waals surface area contributed by atoms with Crippen LogP contribution in [0.4, 0.5) is 0 Å². The molecule has 0 aliphatic rings. The van der Waals surface area contributed by atoms with E-state index in [9.17, 15) is 14.4 Å². The molecule has 0 bridgehead atoms. The molecule has 0 heterocycles. The first-order chi connectivity index (χ1) is 31.4. The topological polar surface area (TPSA) is 78.9 Å². The minimum Gasteiger partial charge on any atom is -0.0654 e. The summed E-state index contributed by atoms with van der Waals surface area (Å²) in [6, 6.07) is 0. The number of rotatable bonds is 53. The summed E-state index contributed by atoms with van der Waals surface area (Å²) in [7, 11) is 0. The normalized spacial score (nSPS) is 11.6. The summed E-state index contributed by atoms with van der Waals surface area (Å²) in [4.78, 5) is 40.7. The van der Waals surface area contributed by atoms with Gasteiger partial charge in [0.1, 0.15) is 0 Å². The molecular formula is C57H112O6Sn. The quantitative estimate of drug-likeness (QED) is 0.0446. The van der Waals surface area contributed by atoms with Crippen molar-refractivity contribution in [2.75, 3.05) is 0 Å². The van der Waals surface area contributed by atoms with Crippen LogP contribution in [0.2, 0.25) is 4.44 Å². The van der Waals surface area contributed by atoms with E-state index in [1.165, 1.54) is 218 Å². The molecule has 0 radical (unpaired) electrons. The monoisotopic (exact) mass is 1010 g/mol. The average molecular weight is 1010 g/mol. The van der Waals surface area contributed by atoms with Gasteiger partial charge in [0.25, 0.3) is 0 Å². The summed E-state index contributed by atoms with van der Waals surface area (Å²) in [5.41, 5.74) is 0. The van der Waals surface area contributed by atoms with Gasteiger partial charge >= 0.3 is 329 Å². The first-order valence-corrected chi connectivity index (χ1v) is 34.6. The van der Waals surface area contributed by atoms with Gasteiger partial charge in [0.15, 0.2) is 0 Å². The fourth-order valence-corrected chi connectivity index (χ4v) is 16.1. The van der Waals surface area contributed by atoms with Gasteiger partial charge in [-0.1, -0.05) is 78.6 Å². The molecule has 0 fully saturated rings. The summed E-state index contributed by atoms with van der Waals surface area (Å²) in [5, 5.41) is 0. The van der Waals surface area contributed by atoms with Crippen molar-refractivity contribution in [3.05, 3.63) is 0 Å². The Balaban J connectivity index is 5.31. The van der Waals surface area contributed by atoms with Gasteiger partial charge in [0.2, 0.25) is 0 Å². The van der Waals surface area contributed by atoms with E-state index in [0.29, 0.717) is 23.7 Å². The van der Waals surface area contributed by atoms with Gasteiger partial charge < -0.3 is 0 Å². The number of carbonyl (C=O) groups is 3. The summed E-state index contributed by atoms with van der Waals surface area (Å²) < 4.78 is 19.2. The van der Waals surface area contributed by atoms with Gasteiger partial charge in [-0.05, 0) is 0 Å². The predicted octanol–water partition coefficient (Wildman–Crippen LogP) is 19.7. The van der Waals surface area contributed by atoms with E-state index in [-0.39, 0.29) is 17.9 Å². The van der Waals surface area contributed by atoms with Gasteiger partial charge in [-0.2, -0.15) is 0 Å². The van der Waals surface area contributed by atoms with E-state index in [4.69, 9.17) is 9.22 Å². The molecule has 0 aromatic carbocycles. The molecule has 7 heteroatoms. The number of unbranched alkanes of at least 4 members (excludes halogenated alkanes) is 42. The van der Waals surface area contributed by atoms with Crippen LogP contribution in [-0.2, 0) is 23.6 Å². The second-order valence-corrected chi connectivity index (χ2v) is 27.0. The maximum atomic E-state index is 13.6. The number of hydrogen-bond donors (Lipinski definition) is 0. The molecule has 64 heavy (non-hydrogen) atoms. The van der Waals surface area contributed by atoms with Crippen LogP contribution in [0.15, 0.2) is 0 Å². The zero-order valence-electron chi connectivity index (χ0n) is 43.8. The first-order valence-electron chi connectivity index (χ1n) is 29.1. The van der Waals surface area contributed by atoms with Crippen LogP contribution in [0.1, 0.15) is 342 Å². The molecule has 380 valence electrons. The van der Waals surface area contributed by atoms with Crippen LogP contribution < -0.4 is 0 Å². The predicted molar refractivity (Wildman–Crippen MR) is 278 cm³/mol. The van der Waals surface area contributed by atoms with Crippen molar-refractivity contribution in [2.45, 2.75) is 347 Å². The number of hydrogen-bond acceptors (Lipinski definition) is 6. The summed E-state index contributed by atoms with van der Waals surface area (Å²) in [5.74, 6) is -1.02. The molecule has 0 amide bonds. The molecular weight excluding hydrogens is 899 g/mol. The van der Waals surface area contributed by atoms with Gasteiger partial charge in [0.05, 0.1) is 0 Å². The van der Waals surface area contributed by atoms with Crippen LogP contribution in [-0.4, -0.2) is 37.5 Å². The van der Waals surface area contributed by atoms with Crippen molar-refractivity contribution >= 4 is 37.5 Å². The second kappa shape index (κ2) is 51.6. The number of carbonyl (C=O) groups excluding carboxylic acids is 3. The van der Waals surface area contributed by atoms with E-state index in [2.05, 4.69) is 27.7 Å². The Morgan fingerprint density at radius 2 is 0.391 bits per heavy atom. The van der Waals surface area contributed by atoms with E-state index in [0.717, 1.165) is 77.0 Å². The van der Waals surface area contributed by atoms with E-state index >= 15 is 0 Å². The van der Waals surface area contributed by atoms with Crippen molar-refractivity contribution in [3.63, 3.8) is 0 Å². The van der Waals surface area contributed by atoms with Crippen molar-refractivity contribution in [2.24, 2.45) is 0 Å². The Morgan fingerprint density at radius 1 is 0.234 bits per heavy atom. The Kier molecular flexibility index (Phi) is 51.0.